The van der Waals surface area contributed by atoms with Crippen LogP contribution in [-0.2, 0) is 14.6 Å². The van der Waals surface area contributed by atoms with E-state index in [4.69, 9.17) is 5.11 Å². The first kappa shape index (κ1) is 14.2. The summed E-state index contributed by atoms with van der Waals surface area (Å²) in [6.45, 7) is 0. The molecule has 1 aliphatic rings. The molecular formula is C8H10F4O4S. The highest BCUT2D eigenvalue weighted by atomic mass is 32.2. The number of rotatable bonds is 2. The van der Waals surface area contributed by atoms with Gasteiger partial charge in [-0.05, 0) is 6.42 Å². The van der Waals surface area contributed by atoms with Gasteiger partial charge in [0, 0.05) is 0 Å². The van der Waals surface area contributed by atoms with Gasteiger partial charge in [0.15, 0.2) is 9.84 Å². The standard InChI is InChI=1S/C8H10F4O4S/c9-5-1-2-17(15,16)4-7(5,6(13)14)3-8(10,11)12/h5H,1-4H2,(H,13,14). The van der Waals surface area contributed by atoms with Crippen LogP contribution < -0.4 is 0 Å². The van der Waals surface area contributed by atoms with Gasteiger partial charge in [-0.2, -0.15) is 13.2 Å². The first-order chi connectivity index (χ1) is 7.49. The highest BCUT2D eigenvalue weighted by molar-refractivity contribution is 7.91. The molecule has 0 aromatic carbocycles. The molecular weight excluding hydrogens is 268 g/mol. The fourth-order valence-electron chi connectivity index (χ4n) is 1.91. The summed E-state index contributed by atoms with van der Waals surface area (Å²) in [5.41, 5.74) is -2.91. The van der Waals surface area contributed by atoms with Gasteiger partial charge in [0.25, 0.3) is 0 Å². The van der Waals surface area contributed by atoms with Gasteiger partial charge in [-0.15, -0.1) is 0 Å². The van der Waals surface area contributed by atoms with Crippen LogP contribution in [0.5, 0.6) is 0 Å². The van der Waals surface area contributed by atoms with E-state index in [1.165, 1.54) is 0 Å². The summed E-state index contributed by atoms with van der Waals surface area (Å²) in [6, 6.07) is 0. The van der Waals surface area contributed by atoms with E-state index in [2.05, 4.69) is 0 Å². The molecule has 9 heteroatoms. The molecule has 2 unspecified atom stereocenters. The van der Waals surface area contributed by atoms with Gasteiger partial charge < -0.3 is 5.11 Å². The van der Waals surface area contributed by atoms with E-state index in [1.807, 2.05) is 0 Å². The second-order valence-electron chi connectivity index (χ2n) is 4.10. The normalized spacial score (nSPS) is 33.3. The monoisotopic (exact) mass is 278 g/mol. The van der Waals surface area contributed by atoms with Crippen LogP contribution in [0.2, 0.25) is 0 Å². The van der Waals surface area contributed by atoms with Crippen molar-refractivity contribution < 1.29 is 35.9 Å². The Morgan fingerprint density at radius 3 is 2.35 bits per heavy atom. The molecule has 1 rings (SSSR count). The van der Waals surface area contributed by atoms with Gasteiger partial charge in [-0.3, -0.25) is 4.79 Å². The topological polar surface area (TPSA) is 71.4 Å². The predicted octanol–water partition coefficient (Wildman–Crippen LogP) is 1.17. The average Bonchev–Trinajstić information content (AvgIpc) is 2.08. The lowest BCUT2D eigenvalue weighted by Crippen LogP contribution is -2.52. The molecule has 0 spiro atoms. The molecule has 17 heavy (non-hydrogen) atoms. The lowest BCUT2D eigenvalue weighted by molar-refractivity contribution is -0.184. The molecule has 0 bridgehead atoms. The summed E-state index contributed by atoms with van der Waals surface area (Å²) < 4.78 is 72.6. The quantitative estimate of drug-likeness (QED) is 0.770. The third-order valence-electron chi connectivity index (χ3n) is 2.70. The zero-order chi connectivity index (χ0) is 13.5. The summed E-state index contributed by atoms with van der Waals surface area (Å²) in [6.07, 6.45) is -9.94. The Morgan fingerprint density at radius 2 is 1.94 bits per heavy atom. The smallest absolute Gasteiger partial charge is 0.390 e. The van der Waals surface area contributed by atoms with Crippen molar-refractivity contribution in [1.82, 2.24) is 0 Å². The van der Waals surface area contributed by atoms with Crippen molar-refractivity contribution in [2.24, 2.45) is 5.41 Å². The van der Waals surface area contributed by atoms with E-state index in [0.29, 0.717) is 0 Å². The minimum Gasteiger partial charge on any atom is -0.481 e. The fourth-order valence-corrected chi connectivity index (χ4v) is 3.81. The van der Waals surface area contributed by atoms with Crippen LogP contribution in [0, 0.1) is 5.41 Å². The second-order valence-corrected chi connectivity index (χ2v) is 6.29. The molecule has 100 valence electrons. The predicted molar refractivity (Wildman–Crippen MR) is 48.9 cm³/mol. The third-order valence-corrected chi connectivity index (χ3v) is 4.51. The maximum absolute atomic E-state index is 13.5. The van der Waals surface area contributed by atoms with E-state index < -0.39 is 57.9 Å². The molecule has 0 saturated carbocycles. The van der Waals surface area contributed by atoms with E-state index in [1.54, 1.807) is 0 Å². The number of carboxylic acid groups (broad SMARTS) is 1. The van der Waals surface area contributed by atoms with Gasteiger partial charge in [0.05, 0.1) is 17.9 Å². The van der Waals surface area contributed by atoms with Crippen LogP contribution in [0.1, 0.15) is 12.8 Å². The Hall–Kier alpha value is -0.860. The SMILES string of the molecule is O=C(O)C1(CC(F)(F)F)CS(=O)(=O)CCC1F. The van der Waals surface area contributed by atoms with E-state index >= 15 is 0 Å². The van der Waals surface area contributed by atoms with Gasteiger partial charge in [0.1, 0.15) is 11.6 Å². The number of alkyl halides is 4. The highest BCUT2D eigenvalue weighted by Crippen LogP contribution is 2.43. The zero-order valence-corrected chi connectivity index (χ0v) is 9.31. The van der Waals surface area contributed by atoms with Gasteiger partial charge in [-0.1, -0.05) is 0 Å². The van der Waals surface area contributed by atoms with E-state index in [9.17, 15) is 30.8 Å². The third kappa shape index (κ3) is 3.08. The minimum atomic E-state index is -4.93. The average molecular weight is 278 g/mol. The van der Waals surface area contributed by atoms with Crippen LogP contribution in [-0.4, -0.2) is 43.3 Å². The maximum atomic E-state index is 13.5. The number of aliphatic carboxylic acids is 1. The Bertz CT molecular complexity index is 416. The van der Waals surface area contributed by atoms with E-state index in [0.717, 1.165) is 0 Å². The second kappa shape index (κ2) is 4.11. The van der Waals surface area contributed by atoms with Crippen molar-refractivity contribution in [3.8, 4) is 0 Å². The number of hydrogen-bond acceptors (Lipinski definition) is 3. The van der Waals surface area contributed by atoms with Crippen molar-refractivity contribution in [3.05, 3.63) is 0 Å². The lowest BCUT2D eigenvalue weighted by atomic mass is 9.80. The molecule has 1 saturated heterocycles. The molecule has 1 aliphatic heterocycles. The first-order valence-electron chi connectivity index (χ1n) is 4.63. The number of carboxylic acids is 1. The zero-order valence-electron chi connectivity index (χ0n) is 8.50. The van der Waals surface area contributed by atoms with Crippen molar-refractivity contribution in [2.45, 2.75) is 25.2 Å². The first-order valence-corrected chi connectivity index (χ1v) is 6.45. The summed E-state index contributed by atoms with van der Waals surface area (Å²) in [5, 5.41) is 8.75. The van der Waals surface area contributed by atoms with Crippen molar-refractivity contribution >= 4 is 15.8 Å². The summed E-state index contributed by atoms with van der Waals surface area (Å²) in [7, 11) is -3.96. The van der Waals surface area contributed by atoms with Gasteiger partial charge >= 0.3 is 12.1 Å². The van der Waals surface area contributed by atoms with Crippen molar-refractivity contribution in [2.75, 3.05) is 11.5 Å². The fraction of sp³-hybridized carbons (Fsp3) is 0.875. The molecule has 0 amide bonds. The molecule has 0 aliphatic carbocycles. The highest BCUT2D eigenvalue weighted by Gasteiger charge is 2.58. The van der Waals surface area contributed by atoms with Crippen LogP contribution in [0.3, 0.4) is 0 Å². The van der Waals surface area contributed by atoms with Crippen molar-refractivity contribution in [1.29, 1.82) is 0 Å². The largest absolute Gasteiger partial charge is 0.481 e. The van der Waals surface area contributed by atoms with E-state index in [-0.39, 0.29) is 0 Å². The molecule has 0 aromatic rings. The minimum absolute atomic E-state index is 0.624. The van der Waals surface area contributed by atoms with Crippen molar-refractivity contribution in [3.63, 3.8) is 0 Å². The van der Waals surface area contributed by atoms with Gasteiger partial charge in [0.2, 0.25) is 0 Å². The Morgan fingerprint density at radius 1 is 1.41 bits per heavy atom. The lowest BCUT2D eigenvalue weighted by Gasteiger charge is -2.36. The molecule has 1 N–H and O–H groups in total. The number of carbonyl (C=O) groups is 1. The Balaban J connectivity index is 3.17. The maximum Gasteiger partial charge on any atom is 0.390 e. The summed E-state index contributed by atoms with van der Waals surface area (Å²) >= 11 is 0. The molecule has 0 radical (unpaired) electrons. The Kier molecular flexibility index (Phi) is 3.43. The summed E-state index contributed by atoms with van der Waals surface area (Å²) in [4.78, 5) is 10.8. The number of halogens is 4. The number of sulfone groups is 1. The molecule has 1 heterocycles. The van der Waals surface area contributed by atoms with Crippen LogP contribution in [0.25, 0.3) is 0 Å². The van der Waals surface area contributed by atoms with Crippen LogP contribution >= 0.6 is 0 Å². The molecule has 0 aromatic heterocycles. The van der Waals surface area contributed by atoms with Crippen LogP contribution in [0.4, 0.5) is 17.6 Å². The summed E-state index contributed by atoms with van der Waals surface area (Å²) in [5.74, 6) is -4.00. The molecule has 4 nitrogen and oxygen atoms in total. The van der Waals surface area contributed by atoms with Gasteiger partial charge in [-0.25, -0.2) is 12.8 Å². The molecule has 1 fully saturated rings. The van der Waals surface area contributed by atoms with Crippen LogP contribution in [0.15, 0.2) is 0 Å². The Labute approximate surface area is 94.5 Å². The molecule has 2 atom stereocenters. The number of hydrogen-bond donors (Lipinski definition) is 1.